The van der Waals surface area contributed by atoms with E-state index in [-0.39, 0.29) is 0 Å². The van der Waals surface area contributed by atoms with E-state index in [2.05, 4.69) is 28.1 Å². The maximum Gasteiger partial charge on any atom is 0.0180 e. The summed E-state index contributed by atoms with van der Waals surface area (Å²) in [6.45, 7) is 0. The molecule has 1 aliphatic rings. The summed E-state index contributed by atoms with van der Waals surface area (Å²) in [6, 6.07) is 0. The zero-order chi connectivity index (χ0) is 5.82. The van der Waals surface area contributed by atoms with Crippen LogP contribution in [0.2, 0.25) is 0 Å². The quantitative estimate of drug-likeness (QED) is 0.392. The van der Waals surface area contributed by atoms with E-state index >= 15 is 0 Å². The third-order valence-electron chi connectivity index (χ3n) is 1.45. The van der Waals surface area contributed by atoms with Gasteiger partial charge in [-0.2, -0.15) is 0 Å². The molecule has 0 spiro atoms. The van der Waals surface area contributed by atoms with E-state index < -0.39 is 0 Å². The summed E-state index contributed by atoms with van der Waals surface area (Å²) in [5.74, 6) is 0. The first kappa shape index (κ1) is 6.34. The van der Waals surface area contributed by atoms with Gasteiger partial charge in [-0.3, -0.25) is 0 Å². The molecule has 0 fully saturated rings. The molecule has 0 aromatic rings. The first-order valence-corrected chi connectivity index (χ1v) is 4.10. The molecule has 1 unspecified atom stereocenters. The first-order valence-electron chi connectivity index (χ1n) is 3.18. The Labute approximate surface area is 59.1 Å². The minimum atomic E-state index is 0.751. The SMILES string of the molecule is BrC1CC=CCCC1. The van der Waals surface area contributed by atoms with Crippen molar-refractivity contribution in [1.82, 2.24) is 0 Å². The molecule has 0 aromatic carbocycles. The van der Waals surface area contributed by atoms with Crippen LogP contribution in [0, 0.1) is 0 Å². The molecule has 1 rings (SSSR count). The summed E-state index contributed by atoms with van der Waals surface area (Å²) < 4.78 is 0. The second-order valence-electron chi connectivity index (χ2n) is 2.24. The standard InChI is InChI=1S/C7H11Br/c8-7-5-3-1-2-4-6-7/h1,3,7H,2,4-6H2. The van der Waals surface area contributed by atoms with Crippen LogP contribution in [0.5, 0.6) is 0 Å². The minimum Gasteiger partial charge on any atom is -0.0887 e. The molecule has 0 saturated carbocycles. The molecule has 0 saturated heterocycles. The lowest BCUT2D eigenvalue weighted by Gasteiger charge is -1.99. The lowest BCUT2D eigenvalue weighted by Crippen LogP contribution is -1.91. The van der Waals surface area contributed by atoms with Gasteiger partial charge in [0.05, 0.1) is 0 Å². The molecule has 0 nitrogen and oxygen atoms in total. The summed E-state index contributed by atoms with van der Waals surface area (Å²) >= 11 is 3.59. The molecule has 0 aliphatic heterocycles. The largest absolute Gasteiger partial charge is 0.0887 e. The van der Waals surface area contributed by atoms with Gasteiger partial charge in [0, 0.05) is 4.83 Å². The van der Waals surface area contributed by atoms with Crippen LogP contribution in [0.4, 0.5) is 0 Å². The molecule has 8 heavy (non-hydrogen) atoms. The van der Waals surface area contributed by atoms with Gasteiger partial charge in [-0.05, 0) is 25.7 Å². The number of hydrogen-bond acceptors (Lipinski definition) is 0. The second kappa shape index (κ2) is 3.29. The van der Waals surface area contributed by atoms with Crippen LogP contribution in [-0.4, -0.2) is 4.83 Å². The normalized spacial score (nSPS) is 29.9. The van der Waals surface area contributed by atoms with Gasteiger partial charge in [-0.15, -0.1) is 0 Å². The van der Waals surface area contributed by atoms with E-state index in [9.17, 15) is 0 Å². The monoisotopic (exact) mass is 174 g/mol. The fourth-order valence-electron chi connectivity index (χ4n) is 0.937. The molecule has 0 N–H and O–H groups in total. The van der Waals surface area contributed by atoms with Crippen molar-refractivity contribution in [3.63, 3.8) is 0 Å². The van der Waals surface area contributed by atoms with Crippen molar-refractivity contribution in [2.45, 2.75) is 30.5 Å². The van der Waals surface area contributed by atoms with Gasteiger partial charge in [0.15, 0.2) is 0 Å². The van der Waals surface area contributed by atoms with Crippen LogP contribution in [0.3, 0.4) is 0 Å². The maximum absolute atomic E-state index is 3.59. The Kier molecular flexibility index (Phi) is 2.60. The molecule has 1 atom stereocenters. The average Bonchev–Trinajstić information content (AvgIpc) is 1.94. The lowest BCUT2D eigenvalue weighted by molar-refractivity contribution is 0.741. The molecular formula is C7H11Br. The molecular weight excluding hydrogens is 164 g/mol. The van der Waals surface area contributed by atoms with Crippen molar-refractivity contribution < 1.29 is 0 Å². The fourth-order valence-corrected chi connectivity index (χ4v) is 1.48. The van der Waals surface area contributed by atoms with E-state index in [1.807, 2.05) is 0 Å². The van der Waals surface area contributed by atoms with Crippen molar-refractivity contribution in [1.29, 1.82) is 0 Å². The Balaban J connectivity index is 2.30. The van der Waals surface area contributed by atoms with Crippen LogP contribution in [-0.2, 0) is 0 Å². The Hall–Kier alpha value is 0.220. The summed E-state index contributed by atoms with van der Waals surface area (Å²) in [5.41, 5.74) is 0. The van der Waals surface area contributed by atoms with E-state index in [1.54, 1.807) is 0 Å². The number of rotatable bonds is 0. The van der Waals surface area contributed by atoms with Crippen LogP contribution in [0.1, 0.15) is 25.7 Å². The van der Waals surface area contributed by atoms with Gasteiger partial charge < -0.3 is 0 Å². The molecule has 46 valence electrons. The number of halogens is 1. The van der Waals surface area contributed by atoms with E-state index in [0.717, 1.165) is 4.83 Å². The predicted octanol–water partition coefficient (Wildman–Crippen LogP) is 2.88. The Morgan fingerprint density at radius 2 is 2.25 bits per heavy atom. The second-order valence-corrected chi connectivity index (χ2v) is 3.53. The zero-order valence-corrected chi connectivity index (χ0v) is 6.52. The lowest BCUT2D eigenvalue weighted by atomic mass is 10.2. The molecule has 1 heteroatoms. The topological polar surface area (TPSA) is 0 Å². The third-order valence-corrected chi connectivity index (χ3v) is 2.28. The van der Waals surface area contributed by atoms with Crippen molar-refractivity contribution in [3.8, 4) is 0 Å². The molecule has 0 radical (unpaired) electrons. The Morgan fingerprint density at radius 3 is 3.12 bits per heavy atom. The summed E-state index contributed by atoms with van der Waals surface area (Å²) in [6.07, 6.45) is 9.75. The molecule has 0 bridgehead atoms. The zero-order valence-electron chi connectivity index (χ0n) is 4.94. The highest BCUT2D eigenvalue weighted by atomic mass is 79.9. The fraction of sp³-hybridized carbons (Fsp3) is 0.714. The van der Waals surface area contributed by atoms with Gasteiger partial charge in [0.25, 0.3) is 0 Å². The predicted molar refractivity (Wildman–Crippen MR) is 40.3 cm³/mol. The van der Waals surface area contributed by atoms with Crippen molar-refractivity contribution in [2.75, 3.05) is 0 Å². The number of hydrogen-bond donors (Lipinski definition) is 0. The Morgan fingerprint density at radius 1 is 1.38 bits per heavy atom. The molecule has 1 aliphatic carbocycles. The smallest absolute Gasteiger partial charge is 0.0180 e. The molecule has 0 amide bonds. The van der Waals surface area contributed by atoms with Gasteiger partial charge in [-0.1, -0.05) is 28.1 Å². The van der Waals surface area contributed by atoms with Crippen molar-refractivity contribution in [3.05, 3.63) is 12.2 Å². The number of allylic oxidation sites excluding steroid dienone is 2. The van der Waals surface area contributed by atoms with Gasteiger partial charge in [0.2, 0.25) is 0 Å². The van der Waals surface area contributed by atoms with E-state index in [1.165, 1.54) is 25.7 Å². The summed E-state index contributed by atoms with van der Waals surface area (Å²) in [5, 5.41) is 0. The highest BCUT2D eigenvalue weighted by Gasteiger charge is 2.02. The van der Waals surface area contributed by atoms with Gasteiger partial charge in [0.1, 0.15) is 0 Å². The highest BCUT2D eigenvalue weighted by Crippen LogP contribution is 2.17. The van der Waals surface area contributed by atoms with E-state index in [0.29, 0.717) is 0 Å². The van der Waals surface area contributed by atoms with Crippen LogP contribution in [0.15, 0.2) is 12.2 Å². The Bertz CT molecular complexity index is 86.4. The van der Waals surface area contributed by atoms with Gasteiger partial charge in [-0.25, -0.2) is 0 Å². The van der Waals surface area contributed by atoms with Crippen molar-refractivity contribution >= 4 is 15.9 Å². The third kappa shape index (κ3) is 1.99. The highest BCUT2D eigenvalue weighted by molar-refractivity contribution is 9.09. The average molecular weight is 175 g/mol. The van der Waals surface area contributed by atoms with Crippen LogP contribution < -0.4 is 0 Å². The molecule has 0 heterocycles. The van der Waals surface area contributed by atoms with Gasteiger partial charge >= 0.3 is 0 Å². The summed E-state index contributed by atoms with van der Waals surface area (Å²) in [4.78, 5) is 0.751. The van der Waals surface area contributed by atoms with Crippen LogP contribution in [0.25, 0.3) is 0 Å². The summed E-state index contributed by atoms with van der Waals surface area (Å²) in [7, 11) is 0. The number of alkyl halides is 1. The first-order chi connectivity index (χ1) is 3.89. The minimum absolute atomic E-state index is 0.751. The maximum atomic E-state index is 3.59. The molecule has 0 aromatic heterocycles. The van der Waals surface area contributed by atoms with E-state index in [4.69, 9.17) is 0 Å². The van der Waals surface area contributed by atoms with Crippen molar-refractivity contribution in [2.24, 2.45) is 0 Å². The van der Waals surface area contributed by atoms with Crippen LogP contribution >= 0.6 is 15.9 Å².